The van der Waals surface area contributed by atoms with E-state index in [1.54, 1.807) is 0 Å². The number of nitro groups is 1. The molecule has 3 rings (SSSR count). The van der Waals surface area contributed by atoms with E-state index in [1.807, 2.05) is 0 Å². The van der Waals surface area contributed by atoms with Crippen molar-refractivity contribution in [2.45, 2.75) is 44.7 Å². The SMILES string of the molecule is CC1CCCN1C1CCN(c2ncc([N+](=O)[O-])cc2Br)CC1. The fourth-order valence-electron chi connectivity index (χ4n) is 3.66. The topological polar surface area (TPSA) is 62.5 Å². The Morgan fingerprint density at radius 3 is 2.59 bits per heavy atom. The van der Waals surface area contributed by atoms with Gasteiger partial charge < -0.3 is 4.90 Å². The Morgan fingerprint density at radius 1 is 1.32 bits per heavy atom. The van der Waals surface area contributed by atoms with Gasteiger partial charge in [-0.05, 0) is 55.1 Å². The second-order valence-electron chi connectivity index (χ2n) is 6.20. The summed E-state index contributed by atoms with van der Waals surface area (Å²) in [6, 6.07) is 2.92. The van der Waals surface area contributed by atoms with Gasteiger partial charge in [-0.3, -0.25) is 15.0 Å². The lowest BCUT2D eigenvalue weighted by Gasteiger charge is -2.39. The van der Waals surface area contributed by atoms with Gasteiger partial charge in [0, 0.05) is 31.2 Å². The van der Waals surface area contributed by atoms with Crippen LogP contribution >= 0.6 is 15.9 Å². The van der Waals surface area contributed by atoms with Crippen LogP contribution in [-0.2, 0) is 0 Å². The van der Waals surface area contributed by atoms with Crippen LogP contribution in [0.1, 0.15) is 32.6 Å². The van der Waals surface area contributed by atoms with Crippen LogP contribution in [0.2, 0.25) is 0 Å². The lowest BCUT2D eigenvalue weighted by atomic mass is 10.0. The number of halogens is 1. The highest BCUT2D eigenvalue weighted by atomic mass is 79.9. The van der Waals surface area contributed by atoms with Crippen LogP contribution in [0.25, 0.3) is 0 Å². The molecule has 3 heterocycles. The van der Waals surface area contributed by atoms with Gasteiger partial charge in [0.2, 0.25) is 0 Å². The first-order valence-electron chi connectivity index (χ1n) is 7.87. The molecular weight excluding hydrogens is 348 g/mol. The number of rotatable bonds is 3. The lowest BCUT2D eigenvalue weighted by Crippen LogP contribution is -2.46. The second kappa shape index (κ2) is 6.50. The van der Waals surface area contributed by atoms with Crippen LogP contribution in [0.3, 0.4) is 0 Å². The Morgan fingerprint density at radius 2 is 2.05 bits per heavy atom. The molecule has 0 spiro atoms. The van der Waals surface area contributed by atoms with Crippen LogP contribution < -0.4 is 4.90 Å². The first-order valence-corrected chi connectivity index (χ1v) is 8.66. The van der Waals surface area contributed by atoms with E-state index in [-0.39, 0.29) is 5.69 Å². The van der Waals surface area contributed by atoms with Crippen LogP contribution in [-0.4, -0.2) is 46.5 Å². The standard InChI is InChI=1S/C15H21BrN4O2/c1-11-3-2-6-19(11)12-4-7-18(8-5-12)15-14(16)9-13(10-17-15)20(21)22/h9-12H,2-8H2,1H3. The van der Waals surface area contributed by atoms with E-state index in [1.165, 1.54) is 31.6 Å². The molecule has 1 aromatic rings. The van der Waals surface area contributed by atoms with Gasteiger partial charge >= 0.3 is 0 Å². The molecule has 22 heavy (non-hydrogen) atoms. The quantitative estimate of drug-likeness (QED) is 0.605. The molecule has 2 fully saturated rings. The maximum Gasteiger partial charge on any atom is 0.288 e. The molecule has 0 aliphatic carbocycles. The minimum absolute atomic E-state index is 0.0244. The number of aromatic nitrogens is 1. The van der Waals surface area contributed by atoms with Crippen LogP contribution in [0.5, 0.6) is 0 Å². The maximum absolute atomic E-state index is 10.8. The number of nitrogens with zero attached hydrogens (tertiary/aromatic N) is 4. The van der Waals surface area contributed by atoms with Crippen molar-refractivity contribution in [3.63, 3.8) is 0 Å². The average molecular weight is 369 g/mol. The summed E-state index contributed by atoms with van der Waals surface area (Å²) in [4.78, 5) is 19.5. The molecule has 0 aromatic carbocycles. The van der Waals surface area contributed by atoms with E-state index in [2.05, 4.69) is 37.6 Å². The van der Waals surface area contributed by atoms with Gasteiger partial charge in [-0.2, -0.15) is 0 Å². The molecule has 0 N–H and O–H groups in total. The Bertz CT molecular complexity index is 560. The maximum atomic E-state index is 10.8. The van der Waals surface area contributed by atoms with Gasteiger partial charge in [0.15, 0.2) is 0 Å². The van der Waals surface area contributed by atoms with Crippen molar-refractivity contribution in [3.05, 3.63) is 26.9 Å². The number of likely N-dealkylation sites (tertiary alicyclic amines) is 1. The normalized spacial score (nSPS) is 23.9. The summed E-state index contributed by atoms with van der Waals surface area (Å²) >= 11 is 3.42. The molecule has 7 heteroatoms. The largest absolute Gasteiger partial charge is 0.356 e. The molecule has 2 aliphatic rings. The van der Waals surface area contributed by atoms with E-state index in [9.17, 15) is 10.1 Å². The van der Waals surface area contributed by atoms with Crippen molar-refractivity contribution >= 4 is 27.4 Å². The first kappa shape index (κ1) is 15.7. The van der Waals surface area contributed by atoms with Gasteiger partial charge in [0.25, 0.3) is 5.69 Å². The predicted molar refractivity (Wildman–Crippen MR) is 89.2 cm³/mol. The molecule has 120 valence electrons. The van der Waals surface area contributed by atoms with E-state index in [0.29, 0.717) is 16.6 Å². The third-order valence-corrected chi connectivity index (χ3v) is 5.44. The highest BCUT2D eigenvalue weighted by Crippen LogP contribution is 2.31. The molecule has 2 aliphatic heterocycles. The summed E-state index contributed by atoms with van der Waals surface area (Å²) in [5.41, 5.74) is 0.0244. The minimum atomic E-state index is -0.414. The third-order valence-electron chi connectivity index (χ3n) is 4.86. The molecule has 1 aromatic heterocycles. The zero-order valence-corrected chi connectivity index (χ0v) is 14.3. The van der Waals surface area contributed by atoms with E-state index in [4.69, 9.17) is 0 Å². The fourth-order valence-corrected chi connectivity index (χ4v) is 4.25. The van der Waals surface area contributed by atoms with E-state index < -0.39 is 4.92 Å². The molecule has 0 radical (unpaired) electrons. The molecular formula is C15H21BrN4O2. The van der Waals surface area contributed by atoms with Crippen molar-refractivity contribution < 1.29 is 4.92 Å². The molecule has 1 unspecified atom stereocenters. The first-order chi connectivity index (χ1) is 10.6. The van der Waals surface area contributed by atoms with Gasteiger partial charge in [-0.1, -0.05) is 0 Å². The van der Waals surface area contributed by atoms with Crippen LogP contribution in [0.4, 0.5) is 11.5 Å². The minimum Gasteiger partial charge on any atom is -0.356 e. The highest BCUT2D eigenvalue weighted by Gasteiger charge is 2.31. The molecule has 1 atom stereocenters. The smallest absolute Gasteiger partial charge is 0.288 e. The van der Waals surface area contributed by atoms with E-state index in [0.717, 1.165) is 31.7 Å². The molecule has 0 amide bonds. The molecule has 0 saturated carbocycles. The van der Waals surface area contributed by atoms with Crippen LogP contribution in [0.15, 0.2) is 16.7 Å². The third kappa shape index (κ3) is 3.10. The summed E-state index contributed by atoms with van der Waals surface area (Å²) in [6.07, 6.45) is 6.24. The van der Waals surface area contributed by atoms with Crippen molar-refractivity contribution in [2.75, 3.05) is 24.5 Å². The number of hydrogen-bond donors (Lipinski definition) is 0. The number of piperidine rings is 1. The Labute approximate surface area is 138 Å². The monoisotopic (exact) mass is 368 g/mol. The van der Waals surface area contributed by atoms with Gasteiger partial charge in [-0.15, -0.1) is 0 Å². The lowest BCUT2D eigenvalue weighted by molar-refractivity contribution is -0.385. The van der Waals surface area contributed by atoms with Gasteiger partial charge in [0.05, 0.1) is 9.40 Å². The molecule has 2 saturated heterocycles. The Kier molecular flexibility index (Phi) is 4.63. The zero-order valence-electron chi connectivity index (χ0n) is 12.7. The zero-order chi connectivity index (χ0) is 15.7. The predicted octanol–water partition coefficient (Wildman–Crippen LogP) is 3.21. The Hall–Kier alpha value is -1.21. The highest BCUT2D eigenvalue weighted by molar-refractivity contribution is 9.10. The number of pyridine rings is 1. The van der Waals surface area contributed by atoms with Gasteiger partial charge in [0.1, 0.15) is 12.0 Å². The van der Waals surface area contributed by atoms with Crippen molar-refractivity contribution in [3.8, 4) is 0 Å². The second-order valence-corrected chi connectivity index (χ2v) is 7.06. The fraction of sp³-hybridized carbons (Fsp3) is 0.667. The summed E-state index contributed by atoms with van der Waals surface area (Å²) in [7, 11) is 0. The summed E-state index contributed by atoms with van der Waals surface area (Å²) < 4.78 is 0.703. The summed E-state index contributed by atoms with van der Waals surface area (Å²) in [5.74, 6) is 0.818. The molecule has 6 nitrogen and oxygen atoms in total. The number of hydrogen-bond acceptors (Lipinski definition) is 5. The van der Waals surface area contributed by atoms with Crippen molar-refractivity contribution in [1.82, 2.24) is 9.88 Å². The van der Waals surface area contributed by atoms with E-state index >= 15 is 0 Å². The van der Waals surface area contributed by atoms with Crippen LogP contribution in [0, 0.1) is 10.1 Å². The van der Waals surface area contributed by atoms with Gasteiger partial charge in [-0.25, -0.2) is 4.98 Å². The van der Waals surface area contributed by atoms with Crippen molar-refractivity contribution in [2.24, 2.45) is 0 Å². The Balaban J connectivity index is 1.65. The summed E-state index contributed by atoms with van der Waals surface area (Å²) in [5, 5.41) is 10.8. The average Bonchev–Trinajstić information content (AvgIpc) is 2.93. The molecule has 0 bridgehead atoms. The number of anilines is 1. The van der Waals surface area contributed by atoms with Crippen molar-refractivity contribution in [1.29, 1.82) is 0 Å². The summed E-state index contributed by atoms with van der Waals surface area (Å²) in [6.45, 7) is 5.47.